The van der Waals surface area contributed by atoms with Gasteiger partial charge in [0.2, 0.25) is 5.91 Å². The van der Waals surface area contributed by atoms with Gasteiger partial charge in [-0.05, 0) is 38.2 Å². The van der Waals surface area contributed by atoms with Crippen LogP contribution in [0.25, 0.3) is 0 Å². The van der Waals surface area contributed by atoms with Gasteiger partial charge in [0.05, 0.1) is 25.2 Å². The summed E-state index contributed by atoms with van der Waals surface area (Å²) in [6, 6.07) is 8.73. The molecule has 1 saturated carbocycles. The lowest BCUT2D eigenvalue weighted by Crippen LogP contribution is -2.45. The van der Waals surface area contributed by atoms with E-state index in [0.29, 0.717) is 50.8 Å². The molecule has 170 valence electrons. The van der Waals surface area contributed by atoms with Crippen LogP contribution in [0.2, 0.25) is 0 Å². The smallest absolute Gasteiger partial charge is 0.274 e. The Kier molecular flexibility index (Phi) is 6.00. The standard InChI is InChI=1S/C25H32N4O3/c1-17-6-8-18(9-7-17)22-14-29-16-26-23(21(29)15-32-22)25(31)28-12-10-19(11-13-28)24(30)27-20-4-2-3-5-20/h6-9,16,19-20,22H,2-5,10-15H2,1H3,(H,27,30)/t22-/m0/s1. The number of rotatable bonds is 4. The van der Waals surface area contributed by atoms with Crippen molar-refractivity contribution in [3.8, 4) is 0 Å². The van der Waals surface area contributed by atoms with Gasteiger partial charge in [0, 0.05) is 25.0 Å². The molecule has 2 aromatic rings. The molecule has 2 fully saturated rings. The number of benzene rings is 1. The summed E-state index contributed by atoms with van der Waals surface area (Å²) in [5.74, 6) is 0.124. The number of fused-ring (bicyclic) bond motifs is 1. The lowest BCUT2D eigenvalue weighted by Gasteiger charge is -2.32. The molecule has 0 unspecified atom stereocenters. The third kappa shape index (κ3) is 4.31. The van der Waals surface area contributed by atoms with Crippen molar-refractivity contribution in [1.29, 1.82) is 0 Å². The van der Waals surface area contributed by atoms with Gasteiger partial charge in [0.25, 0.3) is 5.91 Å². The molecule has 0 radical (unpaired) electrons. The van der Waals surface area contributed by atoms with E-state index < -0.39 is 0 Å². The zero-order valence-electron chi connectivity index (χ0n) is 18.8. The molecular formula is C25H32N4O3. The molecule has 32 heavy (non-hydrogen) atoms. The number of aryl methyl sites for hydroxylation is 1. The van der Waals surface area contributed by atoms with Crippen LogP contribution in [0.1, 0.15) is 71.9 Å². The molecule has 3 aliphatic rings. The summed E-state index contributed by atoms with van der Waals surface area (Å²) in [5.41, 5.74) is 3.70. The number of aromatic nitrogens is 2. The minimum Gasteiger partial charge on any atom is -0.365 e. The van der Waals surface area contributed by atoms with E-state index in [4.69, 9.17) is 4.74 Å². The van der Waals surface area contributed by atoms with Gasteiger partial charge in [-0.15, -0.1) is 0 Å². The molecule has 2 aliphatic heterocycles. The van der Waals surface area contributed by atoms with Crippen LogP contribution < -0.4 is 5.32 Å². The van der Waals surface area contributed by atoms with Gasteiger partial charge in [-0.25, -0.2) is 4.98 Å². The highest BCUT2D eigenvalue weighted by atomic mass is 16.5. The average molecular weight is 437 g/mol. The molecule has 1 aliphatic carbocycles. The van der Waals surface area contributed by atoms with Crippen molar-refractivity contribution in [3.63, 3.8) is 0 Å². The predicted molar refractivity (Wildman–Crippen MR) is 120 cm³/mol. The molecule has 1 saturated heterocycles. The molecule has 3 heterocycles. The molecule has 5 rings (SSSR count). The highest BCUT2D eigenvalue weighted by molar-refractivity contribution is 5.93. The van der Waals surface area contributed by atoms with Crippen LogP contribution in [0.3, 0.4) is 0 Å². The molecule has 7 heteroatoms. The quantitative estimate of drug-likeness (QED) is 0.797. The summed E-state index contributed by atoms with van der Waals surface area (Å²) >= 11 is 0. The van der Waals surface area contributed by atoms with E-state index in [0.717, 1.165) is 24.1 Å². The molecule has 1 atom stereocenters. The van der Waals surface area contributed by atoms with E-state index in [9.17, 15) is 9.59 Å². The van der Waals surface area contributed by atoms with Gasteiger partial charge in [-0.2, -0.15) is 0 Å². The van der Waals surface area contributed by atoms with Gasteiger partial charge in [-0.1, -0.05) is 42.7 Å². The van der Waals surface area contributed by atoms with E-state index in [1.54, 1.807) is 6.33 Å². The monoisotopic (exact) mass is 436 g/mol. The Bertz CT molecular complexity index is 970. The maximum Gasteiger partial charge on any atom is 0.274 e. The first-order valence-electron chi connectivity index (χ1n) is 11.9. The number of likely N-dealkylation sites (tertiary alicyclic amines) is 1. The third-order valence-electron chi connectivity index (χ3n) is 7.24. The van der Waals surface area contributed by atoms with Crippen LogP contribution in [-0.4, -0.2) is 45.4 Å². The highest BCUT2D eigenvalue weighted by Crippen LogP contribution is 2.29. The summed E-state index contributed by atoms with van der Waals surface area (Å²) in [6.07, 6.45) is 7.77. The van der Waals surface area contributed by atoms with Gasteiger partial charge >= 0.3 is 0 Å². The predicted octanol–water partition coefficient (Wildman–Crippen LogP) is 3.37. The molecule has 1 aromatic carbocycles. The van der Waals surface area contributed by atoms with Crippen LogP contribution >= 0.6 is 0 Å². The largest absolute Gasteiger partial charge is 0.365 e. The van der Waals surface area contributed by atoms with Crippen molar-refractivity contribution in [2.24, 2.45) is 5.92 Å². The van der Waals surface area contributed by atoms with Crippen molar-refractivity contribution in [1.82, 2.24) is 19.8 Å². The van der Waals surface area contributed by atoms with Crippen LogP contribution in [0.15, 0.2) is 30.6 Å². The van der Waals surface area contributed by atoms with Gasteiger partial charge < -0.3 is 19.5 Å². The number of hydrogen-bond acceptors (Lipinski definition) is 4. The molecule has 2 amide bonds. The third-order valence-corrected chi connectivity index (χ3v) is 7.24. The number of piperidine rings is 1. The number of ether oxygens (including phenoxy) is 1. The number of carbonyl (C=O) groups excluding carboxylic acids is 2. The van der Waals surface area contributed by atoms with E-state index in [1.165, 1.54) is 18.4 Å². The minimum atomic E-state index is -0.0502. The number of nitrogens with zero attached hydrogens (tertiary/aromatic N) is 3. The van der Waals surface area contributed by atoms with E-state index >= 15 is 0 Å². The highest BCUT2D eigenvalue weighted by Gasteiger charge is 2.33. The fraction of sp³-hybridized carbons (Fsp3) is 0.560. The maximum absolute atomic E-state index is 13.2. The van der Waals surface area contributed by atoms with Crippen LogP contribution in [0.4, 0.5) is 0 Å². The van der Waals surface area contributed by atoms with Crippen molar-refractivity contribution >= 4 is 11.8 Å². The molecule has 0 spiro atoms. The van der Waals surface area contributed by atoms with Gasteiger partial charge in [0.15, 0.2) is 5.69 Å². The second-order valence-corrected chi connectivity index (χ2v) is 9.46. The maximum atomic E-state index is 13.2. The lowest BCUT2D eigenvalue weighted by atomic mass is 9.95. The first-order valence-corrected chi connectivity index (χ1v) is 11.9. The summed E-state index contributed by atoms with van der Waals surface area (Å²) in [5, 5.41) is 3.21. The van der Waals surface area contributed by atoms with Crippen LogP contribution in [-0.2, 0) is 22.7 Å². The molecule has 1 N–H and O–H groups in total. The van der Waals surface area contributed by atoms with Crippen LogP contribution in [0, 0.1) is 12.8 Å². The first kappa shape index (κ1) is 21.2. The summed E-state index contributed by atoms with van der Waals surface area (Å²) in [6.45, 7) is 4.30. The Morgan fingerprint density at radius 1 is 1.06 bits per heavy atom. The van der Waals surface area contributed by atoms with E-state index in [2.05, 4.69) is 41.5 Å². The molecular weight excluding hydrogens is 404 g/mol. The molecule has 7 nitrogen and oxygen atoms in total. The fourth-order valence-electron chi connectivity index (χ4n) is 5.17. The second-order valence-electron chi connectivity index (χ2n) is 9.46. The van der Waals surface area contributed by atoms with Crippen molar-refractivity contribution < 1.29 is 14.3 Å². The van der Waals surface area contributed by atoms with Crippen LogP contribution in [0.5, 0.6) is 0 Å². The fourth-order valence-corrected chi connectivity index (χ4v) is 5.17. The lowest BCUT2D eigenvalue weighted by molar-refractivity contribution is -0.127. The van der Waals surface area contributed by atoms with E-state index in [1.807, 2.05) is 9.47 Å². The second kappa shape index (κ2) is 9.06. The average Bonchev–Trinajstić information content (AvgIpc) is 3.48. The SMILES string of the molecule is Cc1ccc([C@@H]2Cn3cnc(C(=O)N4CCC(C(=O)NC5CCCC5)CC4)c3CO2)cc1. The topological polar surface area (TPSA) is 76.5 Å². The van der Waals surface area contributed by atoms with Gasteiger partial charge in [-0.3, -0.25) is 9.59 Å². The number of nitrogens with one attached hydrogen (secondary N) is 1. The number of carbonyl (C=O) groups is 2. The zero-order chi connectivity index (χ0) is 22.1. The zero-order valence-corrected chi connectivity index (χ0v) is 18.8. The first-order chi connectivity index (χ1) is 15.6. The summed E-state index contributed by atoms with van der Waals surface area (Å²) in [7, 11) is 0. The number of imidazole rings is 1. The Hall–Kier alpha value is -2.67. The Morgan fingerprint density at radius 3 is 2.50 bits per heavy atom. The Balaban J connectivity index is 1.18. The summed E-state index contributed by atoms with van der Waals surface area (Å²) < 4.78 is 8.14. The van der Waals surface area contributed by atoms with Crippen molar-refractivity contribution in [2.45, 2.75) is 70.7 Å². The van der Waals surface area contributed by atoms with E-state index in [-0.39, 0.29) is 23.8 Å². The molecule has 0 bridgehead atoms. The minimum absolute atomic E-state index is 0.00848. The van der Waals surface area contributed by atoms with Gasteiger partial charge in [0.1, 0.15) is 6.10 Å². The molecule has 1 aromatic heterocycles. The van der Waals surface area contributed by atoms with Crippen molar-refractivity contribution in [2.75, 3.05) is 13.1 Å². The normalized spacial score (nSPS) is 22.0. The van der Waals surface area contributed by atoms with Crippen molar-refractivity contribution in [3.05, 3.63) is 53.1 Å². The Morgan fingerprint density at radius 2 is 1.78 bits per heavy atom. The number of hydrogen-bond donors (Lipinski definition) is 1. The number of amides is 2. The summed E-state index contributed by atoms with van der Waals surface area (Å²) in [4.78, 5) is 32.0. The Labute approximate surface area is 189 Å².